The number of unbranched alkanes of at least 4 members (excludes halogenated alkanes) is 2. The standard InChI is InChI=1S/C11H26O18P4.4H3N/c1-2-3-4-5-11(29-33(23,24)25)9(27-31(17,18)19)6(12)8(26-30(14,15)16)7(13)10(11)28-32(20,21)22;;;;/h6-10,12-13H,2-5H2,1H3,(H2,14,15,16)(H2,17,18,19)(H2,20,21,22)(H2,23,24,25);4*1H3/t6-,7-,8?,9-,10+,11?;;;;/m0..../s1. The molecule has 1 rings (SSSR count). The zero-order valence-corrected chi connectivity index (χ0v) is 23.1. The molecule has 0 radical (unpaired) electrons. The van der Waals surface area contributed by atoms with E-state index in [-0.39, 0.29) is 37.4 Å². The summed E-state index contributed by atoms with van der Waals surface area (Å²) in [6.07, 6.45) is -13.6. The highest BCUT2D eigenvalue weighted by atomic mass is 31.2. The van der Waals surface area contributed by atoms with E-state index < -0.39 is 73.8 Å². The molecule has 0 aliphatic heterocycles. The Kier molecular flexibility index (Phi) is 18.9. The lowest BCUT2D eigenvalue weighted by molar-refractivity contribution is -0.253. The highest BCUT2D eigenvalue weighted by Crippen LogP contribution is 2.57. The highest BCUT2D eigenvalue weighted by molar-refractivity contribution is 7.47. The van der Waals surface area contributed by atoms with Gasteiger partial charge in [-0.3, -0.25) is 18.1 Å². The molecule has 0 aromatic heterocycles. The zero-order chi connectivity index (χ0) is 26.0. The second kappa shape index (κ2) is 15.8. The highest BCUT2D eigenvalue weighted by Gasteiger charge is 2.66. The Morgan fingerprint density at radius 3 is 1.24 bits per heavy atom. The average molecular weight is 638 g/mol. The molecular weight excluding hydrogens is 600 g/mol. The van der Waals surface area contributed by atoms with Gasteiger partial charge in [0.1, 0.15) is 36.1 Å². The Hall–Kier alpha value is 0.200. The van der Waals surface area contributed by atoms with Crippen molar-refractivity contribution in [3.05, 3.63) is 0 Å². The van der Waals surface area contributed by atoms with Gasteiger partial charge in [-0.25, -0.2) is 18.3 Å². The van der Waals surface area contributed by atoms with Crippen molar-refractivity contribution in [1.29, 1.82) is 0 Å². The summed E-state index contributed by atoms with van der Waals surface area (Å²) in [7, 11) is -22.7. The first kappa shape index (κ1) is 44.2. The Bertz CT molecular complexity index is 819. The average Bonchev–Trinajstić information content (AvgIpc) is 2.56. The molecule has 1 aliphatic carbocycles. The van der Waals surface area contributed by atoms with E-state index in [9.17, 15) is 57.8 Å². The lowest BCUT2D eigenvalue weighted by atomic mass is 9.72. The van der Waals surface area contributed by atoms with E-state index in [4.69, 9.17) is 9.79 Å². The molecule has 26 heteroatoms. The Balaban J connectivity index is -0.00000136. The maximum atomic E-state index is 11.7. The van der Waals surface area contributed by atoms with Crippen molar-refractivity contribution in [2.24, 2.45) is 0 Å². The van der Waals surface area contributed by atoms with Crippen molar-refractivity contribution in [2.45, 2.75) is 68.7 Å². The molecule has 1 saturated carbocycles. The van der Waals surface area contributed by atoms with Crippen LogP contribution in [0.15, 0.2) is 0 Å². The number of phosphoric acid groups is 4. The number of phosphoric ester groups is 4. The Labute approximate surface area is 211 Å². The quantitative estimate of drug-likeness (QED) is 0.0921. The molecule has 6 atom stereocenters. The normalized spacial score (nSPS) is 28.7. The zero-order valence-electron chi connectivity index (χ0n) is 19.6. The van der Waals surface area contributed by atoms with Gasteiger partial charge in [-0.05, 0) is 6.42 Å². The van der Waals surface area contributed by atoms with Gasteiger partial charge in [-0.1, -0.05) is 26.2 Å². The van der Waals surface area contributed by atoms with E-state index in [0.29, 0.717) is 6.42 Å². The summed E-state index contributed by atoms with van der Waals surface area (Å²) in [5.41, 5.74) is -3.07. The van der Waals surface area contributed by atoms with Crippen LogP contribution in [0.2, 0.25) is 0 Å². The van der Waals surface area contributed by atoms with E-state index in [1.807, 2.05) is 0 Å². The number of aliphatic hydroxyl groups is 2. The van der Waals surface area contributed by atoms with Crippen LogP contribution in [0.25, 0.3) is 0 Å². The van der Waals surface area contributed by atoms with Gasteiger partial charge in [-0.2, -0.15) is 0 Å². The summed E-state index contributed by atoms with van der Waals surface area (Å²) < 4.78 is 63.7. The maximum absolute atomic E-state index is 11.7. The van der Waals surface area contributed by atoms with Crippen LogP contribution in [0.1, 0.15) is 32.6 Å². The van der Waals surface area contributed by atoms with E-state index in [0.717, 1.165) is 0 Å². The molecular formula is C11H38N4O18P4. The van der Waals surface area contributed by atoms with Crippen molar-refractivity contribution in [1.82, 2.24) is 24.6 Å². The van der Waals surface area contributed by atoms with E-state index in [1.165, 1.54) is 0 Å². The molecule has 0 aromatic rings. The fourth-order valence-corrected chi connectivity index (χ4v) is 5.98. The van der Waals surface area contributed by atoms with Crippen LogP contribution >= 0.6 is 31.3 Å². The number of rotatable bonds is 12. The predicted molar refractivity (Wildman–Crippen MR) is 123 cm³/mol. The van der Waals surface area contributed by atoms with Gasteiger partial charge in [0.05, 0.1) is 0 Å². The predicted octanol–water partition coefficient (Wildman–Crippen LogP) is -0.768. The van der Waals surface area contributed by atoms with Crippen LogP contribution in [0.5, 0.6) is 0 Å². The van der Waals surface area contributed by atoms with Crippen LogP contribution < -0.4 is 24.6 Å². The molecule has 1 aliphatic rings. The lowest BCUT2D eigenvalue weighted by Gasteiger charge is -2.53. The molecule has 37 heavy (non-hydrogen) atoms. The van der Waals surface area contributed by atoms with Crippen molar-refractivity contribution < 1.29 is 85.7 Å². The smallest absolute Gasteiger partial charge is 0.387 e. The molecule has 22 N–H and O–H groups in total. The first-order valence-electron chi connectivity index (χ1n) is 8.96. The van der Waals surface area contributed by atoms with Gasteiger partial charge >= 0.3 is 31.3 Å². The van der Waals surface area contributed by atoms with Gasteiger partial charge < -0.3 is 74.0 Å². The molecule has 22 nitrogen and oxygen atoms in total. The van der Waals surface area contributed by atoms with Gasteiger partial charge in [0.15, 0.2) is 0 Å². The molecule has 2 unspecified atom stereocenters. The van der Waals surface area contributed by atoms with Crippen LogP contribution in [0.3, 0.4) is 0 Å². The fourth-order valence-electron chi connectivity index (χ4n) is 3.48. The lowest BCUT2D eigenvalue weighted by Crippen LogP contribution is -2.72. The third-order valence-electron chi connectivity index (χ3n) is 4.48. The van der Waals surface area contributed by atoms with Crippen LogP contribution in [-0.2, 0) is 36.4 Å². The summed E-state index contributed by atoms with van der Waals surface area (Å²) >= 11 is 0. The Morgan fingerprint density at radius 2 is 0.973 bits per heavy atom. The minimum Gasteiger partial charge on any atom is -0.387 e. The van der Waals surface area contributed by atoms with Crippen LogP contribution in [0, 0.1) is 0 Å². The van der Waals surface area contributed by atoms with Gasteiger partial charge in [0.2, 0.25) is 0 Å². The molecule has 230 valence electrons. The van der Waals surface area contributed by atoms with Crippen molar-refractivity contribution in [3.8, 4) is 0 Å². The first-order chi connectivity index (χ1) is 14.6. The summed E-state index contributed by atoms with van der Waals surface area (Å²) in [5.74, 6) is 0. The van der Waals surface area contributed by atoms with E-state index in [2.05, 4.69) is 18.1 Å². The van der Waals surface area contributed by atoms with Crippen LogP contribution in [-0.4, -0.2) is 85.5 Å². The Morgan fingerprint density at radius 1 is 0.622 bits per heavy atom. The molecule has 1 fully saturated rings. The molecule has 0 heterocycles. The number of aliphatic hydroxyl groups excluding tert-OH is 2. The van der Waals surface area contributed by atoms with E-state index >= 15 is 0 Å². The minimum atomic E-state index is -5.75. The number of hydrogen-bond donors (Lipinski definition) is 14. The van der Waals surface area contributed by atoms with Crippen molar-refractivity contribution in [2.75, 3.05) is 0 Å². The maximum Gasteiger partial charge on any atom is 0.470 e. The monoisotopic (exact) mass is 638 g/mol. The SMILES string of the molecule is CCCCCC1(OP(=O)(O)O)[C@H](OP(=O)(O)O)[C@@H](O)C(OP(=O)(O)O)[C@H](O)[C@@H]1OP(=O)(O)O.N.N.N.N. The molecule has 0 aromatic carbocycles. The van der Waals surface area contributed by atoms with Crippen LogP contribution in [0.4, 0.5) is 0 Å². The third kappa shape index (κ3) is 13.9. The van der Waals surface area contributed by atoms with Gasteiger partial charge in [0, 0.05) is 0 Å². The molecule has 0 amide bonds. The van der Waals surface area contributed by atoms with Crippen molar-refractivity contribution >= 4 is 31.3 Å². The minimum absolute atomic E-state index is 0. The second-order valence-corrected chi connectivity index (χ2v) is 11.8. The summed E-state index contributed by atoms with van der Waals surface area (Å²) in [4.78, 5) is 74.0. The summed E-state index contributed by atoms with van der Waals surface area (Å²) in [6, 6.07) is 0. The third-order valence-corrected chi connectivity index (χ3v) is 6.58. The fraction of sp³-hybridized carbons (Fsp3) is 1.00. The van der Waals surface area contributed by atoms with E-state index in [1.54, 1.807) is 6.92 Å². The molecule has 0 saturated heterocycles. The van der Waals surface area contributed by atoms with Gasteiger partial charge in [-0.15, -0.1) is 0 Å². The summed E-state index contributed by atoms with van der Waals surface area (Å²) in [6.45, 7) is 1.66. The van der Waals surface area contributed by atoms with Crippen molar-refractivity contribution in [3.63, 3.8) is 0 Å². The topological polar surface area (TPSA) is 448 Å². The largest absolute Gasteiger partial charge is 0.470 e. The summed E-state index contributed by atoms with van der Waals surface area (Å²) in [5, 5.41) is 21.1. The molecule has 0 spiro atoms. The first-order valence-corrected chi connectivity index (χ1v) is 15.1. The van der Waals surface area contributed by atoms with Gasteiger partial charge in [0.25, 0.3) is 0 Å². The number of hydrogen-bond acceptors (Lipinski definition) is 14. The second-order valence-electron chi connectivity index (χ2n) is 7.07. The molecule has 0 bridgehead atoms.